The Bertz CT molecular complexity index is 877. The number of aryl methyl sites for hydroxylation is 1. The highest BCUT2D eigenvalue weighted by Crippen LogP contribution is 2.23. The molecule has 128 valence electrons. The van der Waals surface area contributed by atoms with Crippen molar-refractivity contribution in [2.24, 2.45) is 5.10 Å². The van der Waals surface area contributed by atoms with Gasteiger partial charge in [-0.25, -0.2) is 0 Å². The van der Waals surface area contributed by atoms with E-state index in [4.69, 9.17) is 4.74 Å². The van der Waals surface area contributed by atoms with Crippen LogP contribution in [0.15, 0.2) is 63.5 Å². The van der Waals surface area contributed by atoms with Gasteiger partial charge in [0.15, 0.2) is 0 Å². The quantitative estimate of drug-likeness (QED) is 0.437. The molecule has 7 heteroatoms. The molecule has 5 nitrogen and oxygen atoms in total. The number of hydrogen-bond acceptors (Lipinski definition) is 5. The topological polar surface area (TPSA) is 52.3 Å². The summed E-state index contributed by atoms with van der Waals surface area (Å²) in [5, 5.41) is 13.3. The summed E-state index contributed by atoms with van der Waals surface area (Å²) in [7, 11) is 1.64. The van der Waals surface area contributed by atoms with Gasteiger partial charge in [0.05, 0.1) is 13.3 Å². The minimum Gasteiger partial charge on any atom is -0.496 e. The van der Waals surface area contributed by atoms with E-state index in [-0.39, 0.29) is 0 Å². The lowest BCUT2D eigenvalue weighted by Crippen LogP contribution is -1.95. The minimum absolute atomic E-state index is 0.741. The van der Waals surface area contributed by atoms with Crippen LogP contribution < -0.4 is 4.74 Å². The van der Waals surface area contributed by atoms with Crippen molar-refractivity contribution in [3.05, 3.63) is 70.0 Å². The standard InChI is InChI=1S/C18H17BrN4OS/c1-13-3-5-14(6-4-13)11-25-18-22-20-12-23(18)21-10-15-9-16(19)7-8-17(15)24-2/h3-10,12H,11H2,1-2H3/b21-10+. The molecule has 0 bridgehead atoms. The number of rotatable bonds is 6. The second kappa shape index (κ2) is 8.31. The van der Waals surface area contributed by atoms with Crippen LogP contribution in [0.2, 0.25) is 0 Å². The number of halogens is 1. The zero-order valence-electron chi connectivity index (χ0n) is 13.9. The average molecular weight is 417 g/mol. The molecular weight excluding hydrogens is 400 g/mol. The molecule has 2 aromatic carbocycles. The fraction of sp³-hybridized carbons (Fsp3) is 0.167. The van der Waals surface area contributed by atoms with Crippen molar-refractivity contribution in [2.75, 3.05) is 7.11 Å². The van der Waals surface area contributed by atoms with Gasteiger partial charge in [-0.2, -0.15) is 9.78 Å². The van der Waals surface area contributed by atoms with E-state index in [1.807, 2.05) is 18.2 Å². The predicted molar refractivity (Wildman–Crippen MR) is 104 cm³/mol. The molecule has 0 aliphatic heterocycles. The number of ether oxygens (including phenoxy) is 1. The Morgan fingerprint density at radius 3 is 2.80 bits per heavy atom. The van der Waals surface area contributed by atoms with E-state index in [0.29, 0.717) is 0 Å². The first kappa shape index (κ1) is 17.7. The molecule has 0 atom stereocenters. The third kappa shape index (κ3) is 4.70. The Balaban J connectivity index is 1.73. The van der Waals surface area contributed by atoms with Crippen LogP contribution in [0.3, 0.4) is 0 Å². The Hall–Kier alpha value is -2.12. The zero-order chi connectivity index (χ0) is 17.6. The number of methoxy groups -OCH3 is 1. The lowest BCUT2D eigenvalue weighted by atomic mass is 10.2. The van der Waals surface area contributed by atoms with Gasteiger partial charge in [-0.05, 0) is 30.7 Å². The van der Waals surface area contributed by atoms with Crippen LogP contribution in [0, 0.1) is 6.92 Å². The number of aromatic nitrogens is 3. The SMILES string of the molecule is COc1ccc(Br)cc1/C=N/n1cnnc1SCc1ccc(C)cc1. The lowest BCUT2D eigenvalue weighted by molar-refractivity contribution is 0.414. The number of nitrogens with zero attached hydrogens (tertiary/aromatic N) is 4. The predicted octanol–water partition coefficient (Wildman–Crippen LogP) is 4.53. The van der Waals surface area contributed by atoms with E-state index < -0.39 is 0 Å². The number of thioether (sulfide) groups is 1. The van der Waals surface area contributed by atoms with Crippen LogP contribution in [0.4, 0.5) is 0 Å². The summed E-state index contributed by atoms with van der Waals surface area (Å²) in [5.41, 5.74) is 3.37. The Morgan fingerprint density at radius 2 is 2.04 bits per heavy atom. The summed E-state index contributed by atoms with van der Waals surface area (Å²) in [5.74, 6) is 1.57. The van der Waals surface area contributed by atoms with Gasteiger partial charge >= 0.3 is 0 Å². The molecule has 0 radical (unpaired) electrons. The maximum Gasteiger partial charge on any atom is 0.212 e. The molecule has 0 fully saturated rings. The Kier molecular flexibility index (Phi) is 5.88. The second-order valence-electron chi connectivity index (χ2n) is 5.36. The largest absolute Gasteiger partial charge is 0.496 e. The van der Waals surface area contributed by atoms with Crippen molar-refractivity contribution in [2.45, 2.75) is 17.8 Å². The maximum atomic E-state index is 5.36. The molecule has 1 aromatic heterocycles. The van der Waals surface area contributed by atoms with Crippen molar-refractivity contribution in [3.8, 4) is 5.75 Å². The van der Waals surface area contributed by atoms with E-state index in [2.05, 4.69) is 62.4 Å². The molecule has 25 heavy (non-hydrogen) atoms. The molecule has 0 amide bonds. The normalized spacial score (nSPS) is 11.2. The first-order chi connectivity index (χ1) is 12.2. The highest BCUT2D eigenvalue weighted by molar-refractivity contribution is 9.10. The molecule has 0 aliphatic carbocycles. The molecule has 0 saturated heterocycles. The summed E-state index contributed by atoms with van der Waals surface area (Å²) in [4.78, 5) is 0. The van der Waals surface area contributed by atoms with Crippen LogP contribution in [-0.4, -0.2) is 28.2 Å². The van der Waals surface area contributed by atoms with Crippen molar-refractivity contribution < 1.29 is 4.74 Å². The maximum absolute atomic E-state index is 5.36. The summed E-state index contributed by atoms with van der Waals surface area (Å²) in [6.07, 6.45) is 3.33. The van der Waals surface area contributed by atoms with Crippen LogP contribution in [0.25, 0.3) is 0 Å². The Morgan fingerprint density at radius 1 is 1.24 bits per heavy atom. The van der Waals surface area contributed by atoms with Gasteiger partial charge in [0, 0.05) is 15.8 Å². The van der Waals surface area contributed by atoms with Gasteiger partial charge in [-0.3, -0.25) is 0 Å². The molecule has 0 spiro atoms. The zero-order valence-corrected chi connectivity index (χ0v) is 16.3. The van der Waals surface area contributed by atoms with E-state index in [1.54, 1.807) is 36.1 Å². The highest BCUT2D eigenvalue weighted by atomic mass is 79.9. The number of benzene rings is 2. The van der Waals surface area contributed by atoms with E-state index in [9.17, 15) is 0 Å². The molecule has 3 aromatic rings. The lowest BCUT2D eigenvalue weighted by Gasteiger charge is -2.05. The van der Waals surface area contributed by atoms with Crippen LogP contribution >= 0.6 is 27.7 Å². The third-order valence-corrected chi connectivity index (χ3v) is 5.00. The first-order valence-electron chi connectivity index (χ1n) is 7.62. The van der Waals surface area contributed by atoms with Crippen molar-refractivity contribution in [3.63, 3.8) is 0 Å². The minimum atomic E-state index is 0.741. The molecule has 3 rings (SSSR count). The van der Waals surface area contributed by atoms with Gasteiger partial charge in [-0.15, -0.1) is 10.2 Å². The van der Waals surface area contributed by atoms with Crippen molar-refractivity contribution in [1.29, 1.82) is 0 Å². The van der Waals surface area contributed by atoms with E-state index in [0.717, 1.165) is 26.7 Å². The third-order valence-electron chi connectivity index (χ3n) is 3.50. The molecular formula is C18H17BrN4OS. The average Bonchev–Trinajstić information content (AvgIpc) is 3.07. The van der Waals surface area contributed by atoms with Crippen molar-refractivity contribution >= 4 is 33.9 Å². The fourth-order valence-corrected chi connectivity index (χ4v) is 3.35. The van der Waals surface area contributed by atoms with Crippen LogP contribution in [0.5, 0.6) is 5.75 Å². The summed E-state index contributed by atoms with van der Waals surface area (Å²) in [6, 6.07) is 14.2. The van der Waals surface area contributed by atoms with Gasteiger partial charge in [0.2, 0.25) is 5.16 Å². The second-order valence-corrected chi connectivity index (χ2v) is 7.22. The summed E-state index contributed by atoms with van der Waals surface area (Å²) in [6.45, 7) is 2.08. The first-order valence-corrected chi connectivity index (χ1v) is 9.40. The molecule has 1 heterocycles. The fourth-order valence-electron chi connectivity index (χ4n) is 2.16. The summed E-state index contributed by atoms with van der Waals surface area (Å²) < 4.78 is 7.99. The van der Waals surface area contributed by atoms with Crippen LogP contribution in [0.1, 0.15) is 16.7 Å². The van der Waals surface area contributed by atoms with Gasteiger partial charge in [-0.1, -0.05) is 57.5 Å². The molecule has 0 unspecified atom stereocenters. The smallest absolute Gasteiger partial charge is 0.212 e. The van der Waals surface area contributed by atoms with E-state index >= 15 is 0 Å². The van der Waals surface area contributed by atoms with Gasteiger partial charge in [0.1, 0.15) is 12.1 Å². The molecule has 0 N–H and O–H groups in total. The molecule has 0 saturated carbocycles. The summed E-state index contributed by atoms with van der Waals surface area (Å²) >= 11 is 5.06. The van der Waals surface area contributed by atoms with Crippen LogP contribution in [-0.2, 0) is 5.75 Å². The highest BCUT2D eigenvalue weighted by Gasteiger charge is 2.06. The number of hydrogen-bond donors (Lipinski definition) is 0. The van der Waals surface area contributed by atoms with Gasteiger partial charge < -0.3 is 4.74 Å². The van der Waals surface area contributed by atoms with E-state index in [1.165, 1.54) is 11.1 Å². The van der Waals surface area contributed by atoms with Gasteiger partial charge in [0.25, 0.3) is 0 Å². The molecule has 0 aliphatic rings. The van der Waals surface area contributed by atoms with Crippen molar-refractivity contribution in [1.82, 2.24) is 14.9 Å². The monoisotopic (exact) mass is 416 g/mol. The Labute approximate surface area is 159 Å².